The molecule has 2 aromatic heterocycles. The van der Waals surface area contributed by atoms with Crippen molar-refractivity contribution >= 4 is 32.3 Å². The van der Waals surface area contributed by atoms with Crippen molar-refractivity contribution in [1.29, 1.82) is 0 Å². The summed E-state index contributed by atoms with van der Waals surface area (Å²) < 4.78 is 25.9. The monoisotopic (exact) mass is 272 g/mol. The van der Waals surface area contributed by atoms with Gasteiger partial charge in [-0.15, -0.1) is 11.3 Å². The van der Waals surface area contributed by atoms with Crippen LogP contribution in [0.1, 0.15) is 10.4 Å². The van der Waals surface area contributed by atoms with E-state index < -0.39 is 15.9 Å². The lowest BCUT2D eigenvalue weighted by Gasteiger charge is -2.04. The minimum absolute atomic E-state index is 0.0127. The first-order valence-electron chi connectivity index (χ1n) is 4.39. The zero-order chi connectivity index (χ0) is 12.5. The zero-order valence-corrected chi connectivity index (χ0v) is 10.0. The number of nitrogens with one attached hydrogen (secondary N) is 2. The fourth-order valence-corrected chi connectivity index (χ4v) is 3.18. The molecule has 2 aromatic rings. The van der Waals surface area contributed by atoms with E-state index in [2.05, 4.69) is 14.9 Å². The number of H-pyrrole nitrogens is 1. The molecule has 0 fully saturated rings. The number of hydrogen-bond acceptors (Lipinski definition) is 5. The Bertz CT molecular complexity index is 630. The highest BCUT2D eigenvalue weighted by molar-refractivity contribution is 7.93. The van der Waals surface area contributed by atoms with Gasteiger partial charge in [0.2, 0.25) is 0 Å². The van der Waals surface area contributed by atoms with Gasteiger partial charge >= 0.3 is 0 Å². The van der Waals surface area contributed by atoms with E-state index in [1.807, 2.05) is 0 Å². The molecule has 2 rings (SSSR count). The average molecular weight is 272 g/mol. The van der Waals surface area contributed by atoms with Gasteiger partial charge in [-0.2, -0.15) is 5.10 Å². The molecule has 1 amide bonds. The summed E-state index contributed by atoms with van der Waals surface area (Å²) in [5.41, 5.74) is 5.25. The van der Waals surface area contributed by atoms with Crippen LogP contribution in [0.5, 0.6) is 0 Å². The molecule has 0 saturated heterocycles. The smallest absolute Gasteiger partial charge is 0.265 e. The second-order valence-electron chi connectivity index (χ2n) is 3.07. The summed E-state index contributed by atoms with van der Waals surface area (Å²) in [6.45, 7) is 0. The largest absolute Gasteiger partial charge is 0.366 e. The number of anilines is 1. The third-order valence-electron chi connectivity index (χ3n) is 1.94. The standard InChI is InChI=1S/C8H8N4O3S2/c9-7(13)6-1-2-16-8(6)12-17(14,15)5-3-10-11-4-5/h1-4,12H,(H2,9,13)(H,10,11). The number of carbonyl (C=O) groups is 1. The number of primary amides is 1. The van der Waals surface area contributed by atoms with Crippen LogP contribution >= 0.6 is 11.3 Å². The van der Waals surface area contributed by atoms with Gasteiger partial charge < -0.3 is 5.73 Å². The van der Waals surface area contributed by atoms with Crippen molar-refractivity contribution in [3.63, 3.8) is 0 Å². The van der Waals surface area contributed by atoms with Crippen LogP contribution < -0.4 is 10.5 Å². The van der Waals surface area contributed by atoms with Gasteiger partial charge in [0.05, 0.1) is 11.8 Å². The quantitative estimate of drug-likeness (QED) is 0.745. The Hall–Kier alpha value is -1.87. The van der Waals surface area contributed by atoms with Crippen LogP contribution in [0, 0.1) is 0 Å². The number of amides is 1. The lowest BCUT2D eigenvalue weighted by molar-refractivity contribution is 0.100. The summed E-state index contributed by atoms with van der Waals surface area (Å²) in [6.07, 6.45) is 2.40. The second kappa shape index (κ2) is 4.18. The average Bonchev–Trinajstić information content (AvgIpc) is 2.85. The molecule has 7 nitrogen and oxygen atoms in total. The first-order chi connectivity index (χ1) is 8.00. The van der Waals surface area contributed by atoms with Gasteiger partial charge in [0.25, 0.3) is 15.9 Å². The predicted octanol–water partition coefficient (Wildman–Crippen LogP) is 0.371. The summed E-state index contributed by atoms with van der Waals surface area (Å²) in [5.74, 6) is -0.684. The molecular formula is C8H8N4O3S2. The Morgan fingerprint density at radius 1 is 1.53 bits per heavy atom. The Labute approximate surface area is 101 Å². The number of nitrogens with zero attached hydrogens (tertiary/aromatic N) is 1. The van der Waals surface area contributed by atoms with Crippen LogP contribution in [0.25, 0.3) is 0 Å². The maximum absolute atomic E-state index is 11.8. The number of aromatic amines is 1. The molecule has 0 unspecified atom stereocenters. The second-order valence-corrected chi connectivity index (χ2v) is 5.67. The molecule has 0 aliphatic carbocycles. The SMILES string of the molecule is NC(=O)c1ccsc1NS(=O)(=O)c1cn[nH]c1. The topological polar surface area (TPSA) is 118 Å². The van der Waals surface area contributed by atoms with Crippen LogP contribution in [0.15, 0.2) is 28.7 Å². The Morgan fingerprint density at radius 2 is 2.29 bits per heavy atom. The molecular weight excluding hydrogens is 264 g/mol. The molecule has 0 aliphatic heterocycles. The van der Waals surface area contributed by atoms with Crippen LogP contribution in [-0.4, -0.2) is 24.5 Å². The summed E-state index contributed by atoms with van der Waals surface area (Å²) in [4.78, 5) is 11.0. The fourth-order valence-electron chi connectivity index (χ4n) is 1.15. The minimum atomic E-state index is -3.74. The van der Waals surface area contributed by atoms with Gasteiger partial charge in [-0.25, -0.2) is 8.42 Å². The highest BCUT2D eigenvalue weighted by Gasteiger charge is 2.19. The highest BCUT2D eigenvalue weighted by Crippen LogP contribution is 2.25. The van der Waals surface area contributed by atoms with E-state index in [0.717, 1.165) is 11.3 Å². The Morgan fingerprint density at radius 3 is 2.88 bits per heavy atom. The van der Waals surface area contributed by atoms with E-state index in [-0.39, 0.29) is 15.5 Å². The van der Waals surface area contributed by atoms with Crippen LogP contribution in [0.3, 0.4) is 0 Å². The van der Waals surface area contributed by atoms with Gasteiger partial charge in [0, 0.05) is 6.20 Å². The molecule has 0 saturated carbocycles. The first kappa shape index (κ1) is 11.6. The molecule has 4 N–H and O–H groups in total. The third-order valence-corrected chi connectivity index (χ3v) is 4.22. The number of nitrogens with two attached hydrogens (primary N) is 1. The summed E-state index contributed by atoms with van der Waals surface area (Å²) in [6, 6.07) is 1.46. The number of carbonyl (C=O) groups excluding carboxylic acids is 1. The molecule has 0 aromatic carbocycles. The van der Waals surface area contributed by atoms with Gasteiger partial charge in [-0.3, -0.25) is 14.6 Å². The van der Waals surface area contributed by atoms with Crippen molar-refractivity contribution in [2.24, 2.45) is 5.73 Å². The molecule has 0 spiro atoms. The Balaban J connectivity index is 2.33. The molecule has 0 bridgehead atoms. The van der Waals surface area contributed by atoms with Crippen molar-refractivity contribution in [1.82, 2.24) is 10.2 Å². The number of rotatable bonds is 4. The number of sulfonamides is 1. The summed E-state index contributed by atoms with van der Waals surface area (Å²) >= 11 is 1.08. The van der Waals surface area contributed by atoms with Gasteiger partial charge in [0.1, 0.15) is 9.90 Å². The lowest BCUT2D eigenvalue weighted by Crippen LogP contribution is -2.16. The molecule has 2 heterocycles. The maximum Gasteiger partial charge on any atom is 0.265 e. The number of hydrogen-bond donors (Lipinski definition) is 3. The van der Waals surface area contributed by atoms with Crippen molar-refractivity contribution < 1.29 is 13.2 Å². The molecule has 17 heavy (non-hydrogen) atoms. The van der Waals surface area contributed by atoms with Gasteiger partial charge in [-0.05, 0) is 11.4 Å². The van der Waals surface area contributed by atoms with Crippen LogP contribution in [-0.2, 0) is 10.0 Å². The van der Waals surface area contributed by atoms with E-state index in [0.29, 0.717) is 0 Å². The number of thiophene rings is 1. The Kier molecular flexibility index (Phi) is 2.86. The molecule has 0 radical (unpaired) electrons. The molecule has 90 valence electrons. The normalized spacial score (nSPS) is 11.3. The third kappa shape index (κ3) is 2.29. The molecule has 9 heteroatoms. The van der Waals surface area contributed by atoms with E-state index in [1.165, 1.54) is 18.5 Å². The van der Waals surface area contributed by atoms with E-state index in [1.54, 1.807) is 5.38 Å². The highest BCUT2D eigenvalue weighted by atomic mass is 32.2. The van der Waals surface area contributed by atoms with Gasteiger partial charge in [0.15, 0.2) is 0 Å². The van der Waals surface area contributed by atoms with Crippen molar-refractivity contribution in [2.45, 2.75) is 4.90 Å². The summed E-state index contributed by atoms with van der Waals surface area (Å²) in [7, 11) is -3.74. The van der Waals surface area contributed by atoms with Crippen LogP contribution in [0.2, 0.25) is 0 Å². The van der Waals surface area contributed by atoms with Crippen molar-refractivity contribution in [3.05, 3.63) is 29.4 Å². The predicted molar refractivity (Wildman–Crippen MR) is 62.2 cm³/mol. The zero-order valence-electron chi connectivity index (χ0n) is 8.38. The van der Waals surface area contributed by atoms with Gasteiger partial charge in [-0.1, -0.05) is 0 Å². The van der Waals surface area contributed by atoms with E-state index in [4.69, 9.17) is 5.73 Å². The lowest BCUT2D eigenvalue weighted by atomic mass is 10.3. The summed E-state index contributed by atoms with van der Waals surface area (Å²) in [5, 5.41) is 7.71. The van der Waals surface area contributed by atoms with Crippen LogP contribution in [0.4, 0.5) is 5.00 Å². The fraction of sp³-hybridized carbons (Fsp3) is 0. The maximum atomic E-state index is 11.8. The minimum Gasteiger partial charge on any atom is -0.366 e. The molecule has 0 atom stereocenters. The first-order valence-corrected chi connectivity index (χ1v) is 6.76. The van der Waals surface area contributed by atoms with E-state index in [9.17, 15) is 13.2 Å². The van der Waals surface area contributed by atoms with Crippen molar-refractivity contribution in [2.75, 3.05) is 4.72 Å². The molecule has 0 aliphatic rings. The number of aromatic nitrogens is 2. The van der Waals surface area contributed by atoms with E-state index >= 15 is 0 Å². The van der Waals surface area contributed by atoms with Crippen molar-refractivity contribution in [3.8, 4) is 0 Å².